The van der Waals surface area contributed by atoms with Crippen LogP contribution in [0, 0.1) is 5.92 Å². The maximum Gasteiger partial charge on any atom is 0.0454 e. The maximum atomic E-state index is 3.29. The zero-order valence-electron chi connectivity index (χ0n) is 14.0. The average Bonchev–Trinajstić information content (AvgIpc) is 3.03. The van der Waals surface area contributed by atoms with E-state index >= 15 is 0 Å². The van der Waals surface area contributed by atoms with Gasteiger partial charge < -0.3 is 4.98 Å². The first-order chi connectivity index (χ1) is 11.8. The SMILES string of the molecule is c1ccc2c(c1)C[C@H]1CC[C@H](C2)N(Cc2ccc3[nH]ccc3c2)C1. The molecule has 1 aromatic heterocycles. The van der Waals surface area contributed by atoms with Gasteiger partial charge in [0.2, 0.25) is 0 Å². The maximum absolute atomic E-state index is 3.29. The number of nitrogens with zero attached hydrogens (tertiary/aromatic N) is 1. The van der Waals surface area contributed by atoms with Gasteiger partial charge in [-0.15, -0.1) is 0 Å². The molecule has 2 aliphatic heterocycles. The van der Waals surface area contributed by atoms with Crippen LogP contribution in [0.25, 0.3) is 10.9 Å². The third kappa shape index (κ3) is 2.55. The van der Waals surface area contributed by atoms with Crippen molar-refractivity contribution in [1.29, 1.82) is 0 Å². The van der Waals surface area contributed by atoms with E-state index in [4.69, 9.17) is 0 Å². The van der Waals surface area contributed by atoms with E-state index in [1.165, 1.54) is 48.7 Å². The summed E-state index contributed by atoms with van der Waals surface area (Å²) in [4.78, 5) is 6.04. The summed E-state index contributed by atoms with van der Waals surface area (Å²) >= 11 is 0. The highest BCUT2D eigenvalue weighted by Crippen LogP contribution is 2.33. The Kier molecular flexibility index (Phi) is 3.45. The summed E-state index contributed by atoms with van der Waals surface area (Å²) in [5.41, 5.74) is 5.86. The first-order valence-corrected chi connectivity index (χ1v) is 9.22. The van der Waals surface area contributed by atoms with Crippen LogP contribution < -0.4 is 0 Å². The molecule has 2 nitrogen and oxygen atoms in total. The highest BCUT2D eigenvalue weighted by molar-refractivity contribution is 5.79. The van der Waals surface area contributed by atoms with Crippen LogP contribution in [0.2, 0.25) is 0 Å². The number of nitrogens with one attached hydrogen (secondary N) is 1. The van der Waals surface area contributed by atoms with E-state index < -0.39 is 0 Å². The molecular weight excluding hydrogens is 292 g/mol. The Morgan fingerprint density at radius 1 is 0.958 bits per heavy atom. The van der Waals surface area contributed by atoms with Crippen LogP contribution in [0.15, 0.2) is 54.7 Å². The summed E-state index contributed by atoms with van der Waals surface area (Å²) in [6.07, 6.45) is 7.26. The van der Waals surface area contributed by atoms with Crippen molar-refractivity contribution in [2.45, 2.75) is 38.3 Å². The van der Waals surface area contributed by atoms with Crippen molar-refractivity contribution in [1.82, 2.24) is 9.88 Å². The fourth-order valence-electron chi connectivity index (χ4n) is 4.73. The Balaban J connectivity index is 1.42. The molecule has 6 rings (SSSR count). The van der Waals surface area contributed by atoms with E-state index in [9.17, 15) is 0 Å². The van der Waals surface area contributed by atoms with E-state index in [0.29, 0.717) is 6.04 Å². The lowest BCUT2D eigenvalue weighted by Gasteiger charge is -2.42. The van der Waals surface area contributed by atoms with Crippen molar-refractivity contribution in [2.75, 3.05) is 6.54 Å². The topological polar surface area (TPSA) is 19.0 Å². The molecule has 3 heterocycles. The molecule has 2 atom stereocenters. The zero-order valence-corrected chi connectivity index (χ0v) is 14.0. The normalized spacial score (nSPS) is 23.8. The van der Waals surface area contributed by atoms with Gasteiger partial charge in [0.1, 0.15) is 0 Å². The number of benzene rings is 2. The first-order valence-electron chi connectivity index (χ1n) is 9.22. The molecule has 122 valence electrons. The highest BCUT2D eigenvalue weighted by atomic mass is 15.2. The van der Waals surface area contributed by atoms with Gasteiger partial charge in [0.15, 0.2) is 0 Å². The Hall–Kier alpha value is -2.06. The molecular formula is C22H24N2. The Morgan fingerprint density at radius 2 is 1.83 bits per heavy atom. The number of H-pyrrole nitrogens is 1. The van der Waals surface area contributed by atoms with Crippen molar-refractivity contribution in [3.05, 3.63) is 71.4 Å². The van der Waals surface area contributed by atoms with Crippen molar-refractivity contribution >= 4 is 10.9 Å². The Bertz CT molecular complexity index is 863. The van der Waals surface area contributed by atoms with Crippen LogP contribution in [0.3, 0.4) is 0 Å². The first kappa shape index (κ1) is 14.3. The van der Waals surface area contributed by atoms with Crippen LogP contribution in [0.1, 0.15) is 29.5 Å². The molecule has 3 aromatic rings. The molecule has 3 aliphatic rings. The van der Waals surface area contributed by atoms with Gasteiger partial charge in [0.05, 0.1) is 0 Å². The van der Waals surface area contributed by atoms with E-state index in [1.807, 2.05) is 6.20 Å². The van der Waals surface area contributed by atoms with Gasteiger partial charge in [-0.25, -0.2) is 0 Å². The largest absolute Gasteiger partial charge is 0.361 e. The molecule has 24 heavy (non-hydrogen) atoms. The number of fused-ring (bicyclic) bond motifs is 3. The molecule has 0 unspecified atom stereocenters. The van der Waals surface area contributed by atoms with E-state index in [0.717, 1.165) is 12.5 Å². The Morgan fingerprint density at radius 3 is 2.75 bits per heavy atom. The fourth-order valence-corrected chi connectivity index (χ4v) is 4.73. The molecule has 0 spiro atoms. The van der Waals surface area contributed by atoms with Crippen LogP contribution in [-0.2, 0) is 19.4 Å². The molecule has 0 radical (unpaired) electrons. The summed E-state index contributed by atoms with van der Waals surface area (Å²) in [6, 6.07) is 18.9. The minimum absolute atomic E-state index is 0.699. The summed E-state index contributed by atoms with van der Waals surface area (Å²) in [6.45, 7) is 2.34. The summed E-state index contributed by atoms with van der Waals surface area (Å²) in [5, 5.41) is 1.33. The molecule has 2 heteroatoms. The lowest BCUT2D eigenvalue weighted by molar-refractivity contribution is 0.0938. The van der Waals surface area contributed by atoms with Gasteiger partial charge in [-0.05, 0) is 71.9 Å². The van der Waals surface area contributed by atoms with Gasteiger partial charge in [-0.3, -0.25) is 4.90 Å². The lowest BCUT2D eigenvalue weighted by Crippen LogP contribution is -2.46. The minimum atomic E-state index is 0.699. The Labute approximate surface area is 143 Å². The molecule has 2 bridgehead atoms. The van der Waals surface area contributed by atoms with Crippen LogP contribution in [0.4, 0.5) is 0 Å². The monoisotopic (exact) mass is 316 g/mol. The third-order valence-corrected chi connectivity index (χ3v) is 6.00. The molecule has 0 saturated carbocycles. The van der Waals surface area contributed by atoms with Gasteiger partial charge in [0, 0.05) is 30.8 Å². The van der Waals surface area contributed by atoms with E-state index in [-0.39, 0.29) is 0 Å². The summed E-state index contributed by atoms with van der Waals surface area (Å²) in [7, 11) is 0. The second-order valence-corrected chi connectivity index (χ2v) is 7.60. The molecule has 1 saturated heterocycles. The lowest BCUT2D eigenvalue weighted by atomic mass is 9.80. The predicted octanol–water partition coefficient (Wildman–Crippen LogP) is 4.55. The quantitative estimate of drug-likeness (QED) is 0.735. The molecule has 1 aliphatic carbocycles. The van der Waals surface area contributed by atoms with Crippen molar-refractivity contribution in [3.8, 4) is 0 Å². The van der Waals surface area contributed by atoms with Crippen LogP contribution in [0.5, 0.6) is 0 Å². The van der Waals surface area contributed by atoms with Gasteiger partial charge in [-0.2, -0.15) is 0 Å². The van der Waals surface area contributed by atoms with E-state index in [2.05, 4.69) is 58.4 Å². The average molecular weight is 316 g/mol. The number of aromatic amines is 1. The highest BCUT2D eigenvalue weighted by Gasteiger charge is 2.31. The molecule has 0 amide bonds. The van der Waals surface area contributed by atoms with Crippen LogP contribution in [-0.4, -0.2) is 22.5 Å². The number of rotatable bonds is 2. The molecule has 1 N–H and O–H groups in total. The van der Waals surface area contributed by atoms with Gasteiger partial charge >= 0.3 is 0 Å². The number of piperidine rings is 1. The molecule has 1 fully saturated rings. The fraction of sp³-hybridized carbons (Fsp3) is 0.364. The number of hydrogen-bond donors (Lipinski definition) is 1. The summed E-state index contributed by atoms with van der Waals surface area (Å²) < 4.78 is 0. The second kappa shape index (κ2) is 5.78. The van der Waals surface area contributed by atoms with Crippen molar-refractivity contribution in [2.24, 2.45) is 5.92 Å². The minimum Gasteiger partial charge on any atom is -0.361 e. The standard InChI is InChI=1S/C22H24N2/c1-2-4-19-13-21-7-5-16(11-18(19)3-1)14-24(21)15-17-6-8-22-20(12-17)9-10-23-22/h1-4,6,8-10,12,16,21,23H,5,7,11,13-15H2/t16-,21-/m1/s1. The zero-order chi connectivity index (χ0) is 15.9. The van der Waals surface area contributed by atoms with Crippen molar-refractivity contribution < 1.29 is 0 Å². The van der Waals surface area contributed by atoms with Crippen molar-refractivity contribution in [3.63, 3.8) is 0 Å². The smallest absolute Gasteiger partial charge is 0.0454 e. The second-order valence-electron chi connectivity index (χ2n) is 7.60. The third-order valence-electron chi connectivity index (χ3n) is 6.00. The molecule has 2 aromatic carbocycles. The van der Waals surface area contributed by atoms with Gasteiger partial charge in [0.25, 0.3) is 0 Å². The summed E-state index contributed by atoms with van der Waals surface area (Å²) in [5.74, 6) is 0.818. The predicted molar refractivity (Wildman–Crippen MR) is 99.1 cm³/mol. The van der Waals surface area contributed by atoms with Gasteiger partial charge in [-0.1, -0.05) is 30.3 Å². The number of aromatic nitrogens is 1. The van der Waals surface area contributed by atoms with E-state index in [1.54, 1.807) is 11.1 Å². The number of hydrogen-bond acceptors (Lipinski definition) is 1. The van der Waals surface area contributed by atoms with Crippen LogP contribution >= 0.6 is 0 Å².